The number of carbonyl (C=O) groups excluding carboxylic acids is 1. The Hall–Kier alpha value is -2.09. The molecule has 0 bridgehead atoms. The fourth-order valence-electron chi connectivity index (χ4n) is 2.19. The second kappa shape index (κ2) is 5.91. The number of rotatable bonds is 4. The molecular formula is C18H20NO. The maximum atomic E-state index is 12.2. The lowest BCUT2D eigenvalue weighted by atomic mass is 9.94. The summed E-state index contributed by atoms with van der Waals surface area (Å²) < 4.78 is 0. The van der Waals surface area contributed by atoms with Crippen LogP contribution in [-0.2, 0) is 6.42 Å². The molecular weight excluding hydrogens is 246 g/mol. The SMILES string of the molecule is [CH2]c1ccc(C(=O)NC(C)(C)Cc2ccccc2)cc1. The van der Waals surface area contributed by atoms with Crippen molar-refractivity contribution in [1.82, 2.24) is 5.32 Å². The molecule has 20 heavy (non-hydrogen) atoms. The number of benzene rings is 2. The Morgan fingerprint density at radius 2 is 1.65 bits per heavy atom. The normalized spacial score (nSPS) is 11.2. The van der Waals surface area contributed by atoms with Gasteiger partial charge in [0.05, 0.1) is 0 Å². The van der Waals surface area contributed by atoms with E-state index in [0.717, 1.165) is 12.0 Å². The Balaban J connectivity index is 2.04. The van der Waals surface area contributed by atoms with E-state index in [2.05, 4.69) is 24.4 Å². The van der Waals surface area contributed by atoms with Crippen molar-refractivity contribution in [1.29, 1.82) is 0 Å². The summed E-state index contributed by atoms with van der Waals surface area (Å²) in [6.45, 7) is 7.89. The lowest BCUT2D eigenvalue weighted by Crippen LogP contribution is -2.45. The van der Waals surface area contributed by atoms with Gasteiger partial charge in [0, 0.05) is 11.1 Å². The van der Waals surface area contributed by atoms with Crippen LogP contribution in [-0.4, -0.2) is 11.4 Å². The van der Waals surface area contributed by atoms with E-state index in [0.29, 0.717) is 5.56 Å². The van der Waals surface area contributed by atoms with Crippen LogP contribution in [0.15, 0.2) is 54.6 Å². The van der Waals surface area contributed by atoms with E-state index in [9.17, 15) is 4.79 Å². The van der Waals surface area contributed by atoms with Crippen molar-refractivity contribution in [3.05, 3.63) is 78.2 Å². The molecule has 0 heterocycles. The van der Waals surface area contributed by atoms with Crippen LogP contribution in [0.1, 0.15) is 35.3 Å². The van der Waals surface area contributed by atoms with Crippen molar-refractivity contribution >= 4 is 5.91 Å². The number of amides is 1. The highest BCUT2D eigenvalue weighted by atomic mass is 16.1. The third-order valence-electron chi connectivity index (χ3n) is 3.16. The molecule has 0 aliphatic carbocycles. The summed E-state index contributed by atoms with van der Waals surface area (Å²) in [5.41, 5.74) is 2.50. The van der Waals surface area contributed by atoms with Gasteiger partial charge >= 0.3 is 0 Å². The zero-order valence-corrected chi connectivity index (χ0v) is 12.0. The van der Waals surface area contributed by atoms with Gasteiger partial charge in [-0.25, -0.2) is 0 Å². The Morgan fingerprint density at radius 1 is 1.05 bits per heavy atom. The van der Waals surface area contributed by atoms with E-state index in [-0.39, 0.29) is 11.4 Å². The molecule has 0 aliphatic heterocycles. The molecule has 0 aromatic heterocycles. The van der Waals surface area contributed by atoms with Crippen molar-refractivity contribution in [3.8, 4) is 0 Å². The molecule has 1 N–H and O–H groups in total. The summed E-state index contributed by atoms with van der Waals surface area (Å²) in [7, 11) is 0. The molecule has 0 saturated carbocycles. The molecule has 0 unspecified atom stereocenters. The average molecular weight is 266 g/mol. The lowest BCUT2D eigenvalue weighted by molar-refractivity contribution is 0.0913. The molecule has 0 aliphatic rings. The van der Waals surface area contributed by atoms with Gasteiger partial charge in [-0.2, -0.15) is 0 Å². The lowest BCUT2D eigenvalue weighted by Gasteiger charge is -2.26. The van der Waals surface area contributed by atoms with Crippen LogP contribution in [0.4, 0.5) is 0 Å². The summed E-state index contributed by atoms with van der Waals surface area (Å²) >= 11 is 0. The van der Waals surface area contributed by atoms with Crippen molar-refractivity contribution in [2.24, 2.45) is 0 Å². The van der Waals surface area contributed by atoms with Gasteiger partial charge in [-0.1, -0.05) is 42.5 Å². The molecule has 0 spiro atoms. The largest absolute Gasteiger partial charge is 0.347 e. The summed E-state index contributed by atoms with van der Waals surface area (Å²) in [5.74, 6) is -0.0501. The van der Waals surface area contributed by atoms with E-state index >= 15 is 0 Å². The predicted octanol–water partition coefficient (Wildman–Crippen LogP) is 3.62. The molecule has 2 aromatic rings. The maximum absolute atomic E-state index is 12.2. The van der Waals surface area contributed by atoms with E-state index in [1.165, 1.54) is 5.56 Å². The van der Waals surface area contributed by atoms with Gasteiger partial charge < -0.3 is 5.32 Å². The molecule has 2 aromatic carbocycles. The molecule has 1 amide bonds. The summed E-state index contributed by atoms with van der Waals surface area (Å²) in [6, 6.07) is 17.5. The third-order valence-corrected chi connectivity index (χ3v) is 3.16. The minimum Gasteiger partial charge on any atom is -0.347 e. The Kier molecular flexibility index (Phi) is 4.23. The van der Waals surface area contributed by atoms with Crippen LogP contribution < -0.4 is 5.32 Å². The standard InChI is InChI=1S/C18H20NO/c1-14-9-11-16(12-10-14)17(20)19-18(2,3)13-15-7-5-4-6-8-15/h4-12H,1,13H2,2-3H3,(H,19,20). The highest BCUT2D eigenvalue weighted by Crippen LogP contribution is 2.14. The average Bonchev–Trinajstić information content (AvgIpc) is 2.39. The van der Waals surface area contributed by atoms with E-state index in [4.69, 9.17) is 0 Å². The number of nitrogens with one attached hydrogen (secondary N) is 1. The second-order valence-electron chi connectivity index (χ2n) is 5.70. The van der Waals surface area contributed by atoms with Crippen LogP contribution in [0.2, 0.25) is 0 Å². The fraction of sp³-hybridized carbons (Fsp3) is 0.222. The Morgan fingerprint density at radius 3 is 2.25 bits per heavy atom. The van der Waals surface area contributed by atoms with Gasteiger partial charge in [0.2, 0.25) is 0 Å². The molecule has 1 radical (unpaired) electrons. The predicted molar refractivity (Wildman–Crippen MR) is 82.6 cm³/mol. The molecule has 0 atom stereocenters. The summed E-state index contributed by atoms with van der Waals surface area (Å²) in [6.07, 6.45) is 0.799. The Bertz CT molecular complexity index is 570. The van der Waals surface area contributed by atoms with E-state index in [1.807, 2.05) is 44.2 Å². The molecule has 103 valence electrons. The van der Waals surface area contributed by atoms with Crippen LogP contribution >= 0.6 is 0 Å². The molecule has 2 nitrogen and oxygen atoms in total. The van der Waals surface area contributed by atoms with Crippen LogP contribution in [0.25, 0.3) is 0 Å². The van der Waals surface area contributed by atoms with E-state index < -0.39 is 0 Å². The fourth-order valence-corrected chi connectivity index (χ4v) is 2.19. The second-order valence-corrected chi connectivity index (χ2v) is 5.70. The maximum Gasteiger partial charge on any atom is 0.251 e. The van der Waals surface area contributed by atoms with Crippen molar-refractivity contribution in [3.63, 3.8) is 0 Å². The Labute approximate surface area is 120 Å². The number of hydrogen-bond donors (Lipinski definition) is 1. The first-order valence-electron chi connectivity index (χ1n) is 6.75. The van der Waals surface area contributed by atoms with Crippen molar-refractivity contribution in [2.75, 3.05) is 0 Å². The highest BCUT2D eigenvalue weighted by molar-refractivity contribution is 5.94. The van der Waals surface area contributed by atoms with Crippen LogP contribution in [0.3, 0.4) is 0 Å². The van der Waals surface area contributed by atoms with Gasteiger partial charge in [-0.05, 0) is 50.5 Å². The molecule has 2 heteroatoms. The quantitative estimate of drug-likeness (QED) is 0.899. The summed E-state index contributed by atoms with van der Waals surface area (Å²) in [5, 5.41) is 3.08. The van der Waals surface area contributed by atoms with E-state index in [1.54, 1.807) is 12.1 Å². The van der Waals surface area contributed by atoms with Gasteiger partial charge in [0.25, 0.3) is 5.91 Å². The zero-order valence-electron chi connectivity index (χ0n) is 12.0. The number of hydrogen-bond acceptors (Lipinski definition) is 1. The van der Waals surface area contributed by atoms with Gasteiger partial charge in [0.1, 0.15) is 0 Å². The number of carbonyl (C=O) groups is 1. The van der Waals surface area contributed by atoms with Crippen LogP contribution in [0.5, 0.6) is 0 Å². The van der Waals surface area contributed by atoms with Gasteiger partial charge in [-0.15, -0.1) is 0 Å². The van der Waals surface area contributed by atoms with Crippen molar-refractivity contribution < 1.29 is 4.79 Å². The van der Waals surface area contributed by atoms with Gasteiger partial charge in [-0.3, -0.25) is 4.79 Å². The third kappa shape index (κ3) is 3.95. The van der Waals surface area contributed by atoms with Gasteiger partial charge in [0.15, 0.2) is 0 Å². The first-order valence-corrected chi connectivity index (χ1v) is 6.75. The first kappa shape index (κ1) is 14.3. The van der Waals surface area contributed by atoms with Crippen LogP contribution in [0, 0.1) is 6.92 Å². The zero-order chi connectivity index (χ0) is 14.6. The minimum atomic E-state index is -0.290. The molecule has 0 saturated heterocycles. The summed E-state index contributed by atoms with van der Waals surface area (Å²) in [4.78, 5) is 12.2. The highest BCUT2D eigenvalue weighted by Gasteiger charge is 2.21. The van der Waals surface area contributed by atoms with Crippen molar-refractivity contribution in [2.45, 2.75) is 25.8 Å². The molecule has 0 fully saturated rings. The minimum absolute atomic E-state index is 0.0501. The molecule has 2 rings (SSSR count). The smallest absolute Gasteiger partial charge is 0.251 e. The first-order chi connectivity index (χ1) is 9.46. The topological polar surface area (TPSA) is 29.1 Å². The monoisotopic (exact) mass is 266 g/mol.